The Kier molecular flexibility index (Phi) is 5.38. The molecule has 1 aliphatic carbocycles. The van der Waals surface area contributed by atoms with Crippen LogP contribution >= 0.6 is 0 Å². The van der Waals surface area contributed by atoms with Gasteiger partial charge in [0.2, 0.25) is 5.91 Å². The Bertz CT molecular complexity index is 830. The molecule has 2 atom stereocenters. The normalized spacial score (nSPS) is 24.5. The summed E-state index contributed by atoms with van der Waals surface area (Å²) in [4.78, 5) is 23.7. The van der Waals surface area contributed by atoms with Crippen LogP contribution in [0.1, 0.15) is 31.3 Å². The number of aliphatic hydroxyl groups is 1. The first-order chi connectivity index (χ1) is 13.6. The van der Waals surface area contributed by atoms with Gasteiger partial charge in [0.15, 0.2) is 12.0 Å². The van der Waals surface area contributed by atoms with Gasteiger partial charge < -0.3 is 14.4 Å². The Morgan fingerprint density at radius 3 is 2.54 bits per heavy atom. The molecule has 2 aromatic rings. The number of carbonyl (C=O) groups excluding carboxylic acids is 2. The Labute approximate surface area is 161 Å². The van der Waals surface area contributed by atoms with Crippen LogP contribution in [-0.2, 0) is 14.3 Å². The zero-order chi connectivity index (χ0) is 19.5. The van der Waals surface area contributed by atoms with Crippen LogP contribution in [0.15, 0.2) is 40.9 Å². The maximum Gasteiger partial charge on any atom is 0.267 e. The van der Waals surface area contributed by atoms with Crippen molar-refractivity contribution in [3.63, 3.8) is 0 Å². The van der Waals surface area contributed by atoms with Gasteiger partial charge in [0.05, 0.1) is 6.61 Å². The Morgan fingerprint density at radius 1 is 1.14 bits per heavy atom. The fourth-order valence-electron chi connectivity index (χ4n) is 3.18. The van der Waals surface area contributed by atoms with Crippen LogP contribution in [0.5, 0.6) is 0 Å². The highest BCUT2D eigenvalue weighted by molar-refractivity contribution is 5.86. The highest BCUT2D eigenvalue weighted by Crippen LogP contribution is 2.30. The maximum atomic E-state index is 12.0. The number of benzene rings is 1. The number of aliphatic hydroxyl groups excluding tert-OH is 1. The number of amides is 2. The molecule has 2 amide bonds. The maximum absolute atomic E-state index is 12.0. The summed E-state index contributed by atoms with van der Waals surface area (Å²) in [6, 6.07) is 11.2. The van der Waals surface area contributed by atoms with Gasteiger partial charge in [-0.15, -0.1) is 0 Å². The summed E-state index contributed by atoms with van der Waals surface area (Å²) in [6.45, 7) is 0.572. The molecule has 2 aliphatic rings. The first-order valence-electron chi connectivity index (χ1n) is 9.27. The molecule has 4 rings (SSSR count). The van der Waals surface area contributed by atoms with Crippen molar-refractivity contribution in [2.75, 3.05) is 6.61 Å². The summed E-state index contributed by atoms with van der Waals surface area (Å²) in [7, 11) is 0. The van der Waals surface area contributed by atoms with E-state index in [9.17, 15) is 14.7 Å². The third-order valence-corrected chi connectivity index (χ3v) is 5.07. The van der Waals surface area contributed by atoms with E-state index in [0.29, 0.717) is 37.3 Å². The van der Waals surface area contributed by atoms with E-state index >= 15 is 0 Å². The van der Waals surface area contributed by atoms with E-state index in [-0.39, 0.29) is 23.8 Å². The van der Waals surface area contributed by atoms with Crippen molar-refractivity contribution in [3.05, 3.63) is 42.2 Å². The molecule has 1 aromatic heterocycles. The Hall–Kier alpha value is -2.75. The molecule has 0 radical (unpaired) electrons. The van der Waals surface area contributed by atoms with E-state index in [1.54, 1.807) is 6.07 Å². The highest BCUT2D eigenvalue weighted by Gasteiger charge is 2.36. The highest BCUT2D eigenvalue weighted by atomic mass is 16.5. The average Bonchev–Trinajstić information content (AvgIpc) is 3.12. The first kappa shape index (κ1) is 18.6. The third-order valence-electron chi connectivity index (χ3n) is 5.07. The molecule has 9 heteroatoms. The summed E-state index contributed by atoms with van der Waals surface area (Å²) < 4.78 is 10.3. The minimum atomic E-state index is -1.01. The predicted octanol–water partition coefficient (Wildman–Crippen LogP) is 0.637. The van der Waals surface area contributed by atoms with Crippen LogP contribution in [0.2, 0.25) is 0 Å². The van der Waals surface area contributed by atoms with Crippen molar-refractivity contribution in [3.8, 4) is 11.3 Å². The number of rotatable bonds is 6. The van der Waals surface area contributed by atoms with Crippen molar-refractivity contribution >= 4 is 11.8 Å². The van der Waals surface area contributed by atoms with Gasteiger partial charge in [-0.3, -0.25) is 25.8 Å². The van der Waals surface area contributed by atoms with E-state index in [1.165, 1.54) is 0 Å². The molecular weight excluding hydrogens is 364 g/mol. The third kappa shape index (κ3) is 4.06. The number of nitrogens with zero attached hydrogens (tertiary/aromatic N) is 1. The molecule has 2 unspecified atom stereocenters. The first-order valence-corrected chi connectivity index (χ1v) is 9.27. The summed E-state index contributed by atoms with van der Waals surface area (Å²) in [5.74, 6) is -0.476. The standard InChI is InChI=1S/C19H22N4O5/c24-17(21-22-19(26)15-6-7-27-15)12-8-13(9-12)20-18(25)16-10-14(23-28-16)11-4-2-1-3-5-11/h1-5,10,12-13,15,18,20,25H,6-9H2,(H,21,24)(H,22,26). The predicted molar refractivity (Wildman–Crippen MR) is 97.2 cm³/mol. The van der Waals surface area contributed by atoms with Crippen molar-refractivity contribution in [1.29, 1.82) is 0 Å². The fourth-order valence-corrected chi connectivity index (χ4v) is 3.18. The molecule has 4 N–H and O–H groups in total. The van der Waals surface area contributed by atoms with Crippen LogP contribution in [0.3, 0.4) is 0 Å². The van der Waals surface area contributed by atoms with E-state index < -0.39 is 12.3 Å². The molecule has 28 heavy (non-hydrogen) atoms. The van der Waals surface area contributed by atoms with Crippen LogP contribution in [-0.4, -0.2) is 40.8 Å². The molecule has 9 nitrogen and oxygen atoms in total. The number of aromatic nitrogens is 1. The van der Waals surface area contributed by atoms with Crippen molar-refractivity contribution in [2.45, 2.75) is 37.6 Å². The zero-order valence-electron chi connectivity index (χ0n) is 15.1. The molecule has 0 bridgehead atoms. The summed E-state index contributed by atoms with van der Waals surface area (Å²) >= 11 is 0. The Morgan fingerprint density at radius 2 is 1.86 bits per heavy atom. The monoisotopic (exact) mass is 386 g/mol. The second kappa shape index (κ2) is 8.09. The SMILES string of the molecule is O=C(NNC(=O)C1CCO1)C1CC(NC(O)c2cc(-c3ccccc3)no2)C1. The minimum absolute atomic E-state index is 0.0262. The van der Waals surface area contributed by atoms with Gasteiger partial charge in [0.1, 0.15) is 11.8 Å². The van der Waals surface area contributed by atoms with E-state index in [1.807, 2.05) is 30.3 Å². The average molecular weight is 386 g/mol. The molecule has 1 aliphatic heterocycles. The van der Waals surface area contributed by atoms with Crippen molar-refractivity contribution in [1.82, 2.24) is 21.3 Å². The topological polar surface area (TPSA) is 126 Å². The van der Waals surface area contributed by atoms with Gasteiger partial charge in [0.25, 0.3) is 5.91 Å². The molecule has 2 fully saturated rings. The molecule has 1 saturated carbocycles. The largest absolute Gasteiger partial charge is 0.371 e. The molecule has 2 heterocycles. The van der Waals surface area contributed by atoms with Crippen molar-refractivity contribution in [2.24, 2.45) is 5.92 Å². The lowest BCUT2D eigenvalue weighted by Crippen LogP contribution is -2.55. The minimum Gasteiger partial charge on any atom is -0.371 e. The van der Waals surface area contributed by atoms with Gasteiger partial charge in [-0.25, -0.2) is 0 Å². The summed E-state index contributed by atoms with van der Waals surface area (Å²) in [5, 5.41) is 17.3. The zero-order valence-corrected chi connectivity index (χ0v) is 15.1. The number of carbonyl (C=O) groups is 2. The van der Waals surface area contributed by atoms with Gasteiger partial charge in [-0.1, -0.05) is 35.5 Å². The van der Waals surface area contributed by atoms with E-state index in [2.05, 4.69) is 21.3 Å². The Balaban J connectivity index is 1.20. The number of hydrogen-bond acceptors (Lipinski definition) is 7. The number of hydrazine groups is 1. The van der Waals surface area contributed by atoms with Crippen LogP contribution in [0.4, 0.5) is 0 Å². The lowest BCUT2D eigenvalue weighted by molar-refractivity contribution is -0.148. The van der Waals surface area contributed by atoms with Crippen LogP contribution in [0, 0.1) is 5.92 Å². The number of ether oxygens (including phenoxy) is 1. The number of nitrogens with one attached hydrogen (secondary N) is 3. The second-order valence-electron chi connectivity index (χ2n) is 7.04. The van der Waals surface area contributed by atoms with Crippen molar-refractivity contribution < 1.29 is 24.0 Å². The van der Waals surface area contributed by atoms with E-state index in [0.717, 1.165) is 5.56 Å². The quantitative estimate of drug-likeness (QED) is 0.424. The molecular formula is C19H22N4O5. The van der Waals surface area contributed by atoms with Gasteiger partial charge >= 0.3 is 0 Å². The summed E-state index contributed by atoms with van der Waals surface area (Å²) in [6.07, 6.45) is 0.308. The van der Waals surface area contributed by atoms with Gasteiger partial charge in [-0.05, 0) is 12.8 Å². The number of hydrogen-bond donors (Lipinski definition) is 4. The summed E-state index contributed by atoms with van der Waals surface area (Å²) in [5.41, 5.74) is 6.35. The van der Waals surface area contributed by atoms with Gasteiger partial charge in [0, 0.05) is 30.0 Å². The lowest BCUT2D eigenvalue weighted by Gasteiger charge is -2.36. The van der Waals surface area contributed by atoms with Gasteiger partial charge in [-0.2, -0.15) is 0 Å². The van der Waals surface area contributed by atoms with E-state index in [4.69, 9.17) is 9.26 Å². The molecule has 1 saturated heterocycles. The fraction of sp³-hybridized carbons (Fsp3) is 0.421. The molecule has 1 aromatic carbocycles. The second-order valence-corrected chi connectivity index (χ2v) is 7.04. The molecule has 148 valence electrons. The lowest BCUT2D eigenvalue weighted by atomic mass is 9.79. The van der Waals surface area contributed by atoms with Crippen LogP contribution < -0.4 is 16.2 Å². The van der Waals surface area contributed by atoms with Crippen LogP contribution in [0.25, 0.3) is 11.3 Å². The molecule has 0 spiro atoms. The smallest absolute Gasteiger partial charge is 0.267 e.